The van der Waals surface area contributed by atoms with Gasteiger partial charge in [0.25, 0.3) is 5.69 Å². The fraction of sp³-hybridized carbons (Fsp3) is 0.255. The van der Waals surface area contributed by atoms with Crippen LogP contribution >= 0.6 is 0 Å². The first-order valence-corrected chi connectivity index (χ1v) is 21.4. The fourth-order valence-corrected chi connectivity index (χ4v) is 9.96. The van der Waals surface area contributed by atoms with Crippen LogP contribution in [0.5, 0.6) is 5.75 Å². The number of carbonyl (C=O) groups excluding carboxylic acids is 4. The van der Waals surface area contributed by atoms with Gasteiger partial charge in [0.15, 0.2) is 0 Å². The number of benzene rings is 5. The average molecular weight is 873 g/mol. The first-order chi connectivity index (χ1) is 31.6. The minimum absolute atomic E-state index is 0.0425. The van der Waals surface area contributed by atoms with E-state index >= 15 is 4.79 Å². The van der Waals surface area contributed by atoms with Crippen LogP contribution < -0.4 is 15.4 Å². The second-order valence-corrected chi connectivity index (χ2v) is 16.4. The van der Waals surface area contributed by atoms with Crippen molar-refractivity contribution in [2.24, 2.45) is 11.7 Å². The summed E-state index contributed by atoms with van der Waals surface area (Å²) in [5.41, 5.74) is 8.25. The predicted molar refractivity (Wildman–Crippen MR) is 237 cm³/mol. The summed E-state index contributed by atoms with van der Waals surface area (Å²) in [6.45, 7) is -0.677. The van der Waals surface area contributed by atoms with Crippen LogP contribution in [-0.4, -0.2) is 58.1 Å². The zero-order valence-corrected chi connectivity index (χ0v) is 35.1. The van der Waals surface area contributed by atoms with Gasteiger partial charge in [0.1, 0.15) is 36.5 Å². The molecule has 3 N–H and O–H groups in total. The number of aliphatic hydroxyl groups excluding tert-OH is 1. The predicted octanol–water partition coefficient (Wildman–Crippen LogP) is 7.31. The number of cyclic esters (lactones) is 1. The van der Waals surface area contributed by atoms with Crippen molar-refractivity contribution in [2.75, 3.05) is 18.1 Å². The average Bonchev–Trinajstić information content (AvgIpc) is 3.79. The number of rotatable bonds is 10. The number of ether oxygens (including phenoxy) is 3. The Morgan fingerprint density at radius 2 is 1.58 bits per heavy atom. The lowest BCUT2D eigenvalue weighted by molar-refractivity contribution is -0.384. The largest absolute Gasteiger partial charge is 0.491 e. The van der Waals surface area contributed by atoms with Gasteiger partial charge in [-0.05, 0) is 102 Å². The molecule has 1 aliphatic carbocycles. The van der Waals surface area contributed by atoms with Crippen LogP contribution in [-0.2, 0) is 35.9 Å². The van der Waals surface area contributed by atoms with Crippen molar-refractivity contribution in [2.45, 2.75) is 61.9 Å². The second kappa shape index (κ2) is 17.9. The number of carbonyl (C=O) groups is 4. The van der Waals surface area contributed by atoms with E-state index in [0.29, 0.717) is 33.6 Å². The van der Waals surface area contributed by atoms with E-state index in [0.717, 1.165) is 36.2 Å². The summed E-state index contributed by atoms with van der Waals surface area (Å²) in [5, 5.41) is 21.0. The Bertz CT molecular complexity index is 2770. The van der Waals surface area contributed by atoms with E-state index in [1.807, 2.05) is 65.6 Å². The number of morpholine rings is 1. The molecule has 4 aliphatic rings. The third-order valence-corrected chi connectivity index (χ3v) is 12.6. The van der Waals surface area contributed by atoms with Crippen LogP contribution in [0.3, 0.4) is 0 Å². The Morgan fingerprint density at radius 3 is 2.26 bits per heavy atom. The van der Waals surface area contributed by atoms with E-state index in [9.17, 15) is 29.6 Å². The third-order valence-electron chi connectivity index (χ3n) is 12.6. The minimum atomic E-state index is -2.10. The van der Waals surface area contributed by atoms with Gasteiger partial charge >= 0.3 is 12.1 Å². The number of non-ortho nitro benzene ring substituents is 1. The Hall–Kier alpha value is -7.60. The van der Waals surface area contributed by atoms with Crippen LogP contribution in [0.1, 0.15) is 77.3 Å². The van der Waals surface area contributed by atoms with Gasteiger partial charge in [-0.1, -0.05) is 90.7 Å². The van der Waals surface area contributed by atoms with Crippen molar-refractivity contribution in [1.82, 2.24) is 4.90 Å². The van der Waals surface area contributed by atoms with Crippen molar-refractivity contribution < 1.29 is 43.4 Å². The molecule has 0 radical (unpaired) electrons. The highest BCUT2D eigenvalue weighted by atomic mass is 16.6. The smallest absolute Gasteiger partial charge is 0.421 e. The summed E-state index contributed by atoms with van der Waals surface area (Å²) in [6, 6.07) is 32.3. The number of nitrogens with zero attached hydrogens (tertiary/aromatic N) is 3. The summed E-state index contributed by atoms with van der Waals surface area (Å²) >= 11 is 0. The molecule has 5 aromatic carbocycles. The number of nitro groups is 1. The SMILES string of the molecule is NC(=O)[C@@H]1[C@H]2C(=O)O[C@H](c3ccccc3)[C@H](c3ccccc3)N2[C@H](c2cccc(OCCO)c2)[C@@]12C(=O)N(C(=O)OCc1ccc([N+](=O)[O-])cc1)c1ccc(C#CC3=CCCCC3)cc12. The van der Waals surface area contributed by atoms with Gasteiger partial charge < -0.3 is 25.1 Å². The standard InChI is InChI=1S/C51H44N4O10/c52-47(57)42-44-48(58)65-45(36-15-8-3-9-16-36)43(35-13-6-2-7-14-35)54(44)46(37-17-10-18-39(30-37)63-28-27-56)51(42)40-29-33(20-19-32-11-4-1-5-12-32)23-26-41(40)53(49(51)59)50(60)64-31-34-21-24-38(25-22-34)55(61)62/h2-3,6-11,13-18,21-26,29-30,42-46,56H,1,4-5,12,27-28,31H2,(H2,52,57)/t42-,43-,44-,45+,46+,51-/m0/s1. The Labute approximate surface area is 374 Å². The number of fused-ring (bicyclic) bond motifs is 3. The lowest BCUT2D eigenvalue weighted by Crippen LogP contribution is -2.55. The van der Waals surface area contributed by atoms with E-state index in [1.165, 1.54) is 24.3 Å². The van der Waals surface area contributed by atoms with Gasteiger partial charge in [0.05, 0.1) is 35.2 Å². The molecule has 5 aromatic rings. The van der Waals surface area contributed by atoms with Crippen molar-refractivity contribution in [3.63, 3.8) is 0 Å². The number of hydrogen-bond donors (Lipinski definition) is 2. The van der Waals surface area contributed by atoms with E-state index in [1.54, 1.807) is 42.5 Å². The molecule has 3 aliphatic heterocycles. The molecule has 0 bridgehead atoms. The highest BCUT2D eigenvalue weighted by molar-refractivity contribution is 6.23. The maximum atomic E-state index is 16.1. The molecule has 9 rings (SSSR count). The normalized spacial score (nSPS) is 23.4. The highest BCUT2D eigenvalue weighted by Gasteiger charge is 2.75. The minimum Gasteiger partial charge on any atom is -0.491 e. The summed E-state index contributed by atoms with van der Waals surface area (Å²) in [6.07, 6.45) is 3.87. The molecular formula is C51H44N4O10. The van der Waals surface area contributed by atoms with Gasteiger partial charge in [-0.25, -0.2) is 9.69 Å². The zero-order valence-electron chi connectivity index (χ0n) is 35.1. The van der Waals surface area contributed by atoms with Crippen molar-refractivity contribution in [3.8, 4) is 17.6 Å². The molecule has 14 heteroatoms. The number of hydrogen-bond acceptors (Lipinski definition) is 11. The number of aliphatic hydroxyl groups is 1. The number of amides is 3. The van der Waals surface area contributed by atoms with Gasteiger partial charge in [0.2, 0.25) is 11.8 Å². The molecule has 2 fully saturated rings. The summed E-state index contributed by atoms with van der Waals surface area (Å²) in [7, 11) is 0. The summed E-state index contributed by atoms with van der Waals surface area (Å²) < 4.78 is 18.1. The number of imide groups is 1. The van der Waals surface area contributed by atoms with Gasteiger partial charge in [0, 0.05) is 17.7 Å². The molecule has 0 saturated carbocycles. The van der Waals surface area contributed by atoms with E-state index in [4.69, 9.17) is 19.9 Å². The molecule has 0 unspecified atom stereocenters. The van der Waals surface area contributed by atoms with Crippen LogP contribution in [0.2, 0.25) is 0 Å². The van der Waals surface area contributed by atoms with Crippen LogP contribution in [0, 0.1) is 27.9 Å². The lowest BCUT2D eigenvalue weighted by atomic mass is 9.65. The molecule has 65 heavy (non-hydrogen) atoms. The monoisotopic (exact) mass is 872 g/mol. The third kappa shape index (κ3) is 7.68. The number of anilines is 1. The summed E-state index contributed by atoms with van der Waals surface area (Å²) in [5.74, 6) is 2.60. The Morgan fingerprint density at radius 1 is 0.862 bits per heavy atom. The molecule has 0 aromatic heterocycles. The first kappa shape index (κ1) is 42.7. The second-order valence-electron chi connectivity index (χ2n) is 16.4. The fourth-order valence-electron chi connectivity index (χ4n) is 9.96. The lowest BCUT2D eigenvalue weighted by Gasteiger charge is -2.46. The van der Waals surface area contributed by atoms with E-state index in [2.05, 4.69) is 17.9 Å². The van der Waals surface area contributed by atoms with Crippen LogP contribution in [0.4, 0.5) is 16.2 Å². The molecule has 6 atom stereocenters. The quantitative estimate of drug-likeness (QED) is 0.0619. The Kier molecular flexibility index (Phi) is 11.7. The number of allylic oxidation sites excluding steroid dienone is 2. The van der Waals surface area contributed by atoms with Crippen LogP contribution in [0.25, 0.3) is 0 Å². The van der Waals surface area contributed by atoms with E-state index in [-0.39, 0.29) is 36.8 Å². The van der Waals surface area contributed by atoms with Gasteiger partial charge in [-0.2, -0.15) is 0 Å². The molecule has 14 nitrogen and oxygen atoms in total. The van der Waals surface area contributed by atoms with Crippen LogP contribution in [0.15, 0.2) is 139 Å². The molecule has 1 spiro atoms. The zero-order chi connectivity index (χ0) is 45.2. The number of primary amides is 1. The maximum Gasteiger partial charge on any atom is 0.421 e. The van der Waals surface area contributed by atoms with Gasteiger partial charge in [-0.3, -0.25) is 29.4 Å². The molecular weight excluding hydrogens is 829 g/mol. The number of nitro benzene ring substituents is 1. The highest BCUT2D eigenvalue weighted by Crippen LogP contribution is 2.66. The van der Waals surface area contributed by atoms with Gasteiger partial charge in [-0.15, -0.1) is 0 Å². The molecule has 2 saturated heterocycles. The summed E-state index contributed by atoms with van der Waals surface area (Å²) in [4.78, 5) is 73.7. The Balaban J connectivity index is 1.29. The molecule has 3 amide bonds. The molecule has 3 heterocycles. The van der Waals surface area contributed by atoms with Crippen molar-refractivity contribution in [3.05, 3.63) is 183 Å². The number of esters is 1. The maximum absolute atomic E-state index is 16.1. The number of nitrogens with two attached hydrogens (primary N) is 1. The van der Waals surface area contributed by atoms with Crippen molar-refractivity contribution in [1.29, 1.82) is 0 Å². The first-order valence-electron chi connectivity index (χ1n) is 21.4. The van der Waals surface area contributed by atoms with Crippen molar-refractivity contribution >= 4 is 35.3 Å². The topological polar surface area (TPSA) is 192 Å². The van der Waals surface area contributed by atoms with E-state index < -0.39 is 64.4 Å². The molecule has 328 valence electrons.